The molecule has 1 fully saturated rings. The molecule has 1 aliphatic heterocycles. The Morgan fingerprint density at radius 2 is 1.69 bits per heavy atom. The van der Waals surface area contributed by atoms with Gasteiger partial charge in [-0.1, -0.05) is 0 Å². The second-order valence-electron chi connectivity index (χ2n) is 7.71. The quantitative estimate of drug-likeness (QED) is 0.130. The summed E-state index contributed by atoms with van der Waals surface area (Å²) in [5.41, 5.74) is -1.12. The van der Waals surface area contributed by atoms with Gasteiger partial charge in [-0.05, 0) is 18.2 Å². The van der Waals surface area contributed by atoms with Crippen LogP contribution in [0.25, 0.3) is 22.3 Å². The Labute approximate surface area is 200 Å². The number of ether oxygens (including phenoxy) is 2. The van der Waals surface area contributed by atoms with Crippen molar-refractivity contribution in [3.8, 4) is 40.1 Å². The second kappa shape index (κ2) is 9.52. The topological polar surface area (TPSA) is 226 Å². The monoisotopic (exact) mass is 508 g/mol. The number of hydrogen-bond donors (Lipinski definition) is 7. The van der Waals surface area contributed by atoms with E-state index in [0.717, 1.165) is 31.4 Å². The number of phenols is 3. The maximum absolute atomic E-state index is 13.4. The van der Waals surface area contributed by atoms with Crippen LogP contribution in [-0.2, 0) is 14.4 Å². The minimum Gasteiger partial charge on any atom is -0.508 e. The molecule has 0 saturated carbocycles. The summed E-state index contributed by atoms with van der Waals surface area (Å²) in [4.78, 5) is 34.3. The number of fused-ring (bicyclic) bond motifs is 1. The fourth-order valence-electron chi connectivity index (χ4n) is 3.63. The molecule has 0 amide bonds. The van der Waals surface area contributed by atoms with Gasteiger partial charge in [-0.3, -0.25) is 4.79 Å². The molecule has 14 heteroatoms. The first-order chi connectivity index (χ1) is 17.0. The SMILES string of the molecule is COOc1c(-c2ccc(O)c(O)c2)oc2cc(O)cc(OC3O[C@H](C(=O)O)[C@@H](O)[C@H](O)[C@H]3O)c2c1=O. The summed E-state index contributed by atoms with van der Waals surface area (Å²) in [6.07, 6.45) is -9.78. The Morgan fingerprint density at radius 3 is 2.33 bits per heavy atom. The predicted molar refractivity (Wildman–Crippen MR) is 115 cm³/mol. The van der Waals surface area contributed by atoms with Crippen molar-refractivity contribution < 1.29 is 64.2 Å². The van der Waals surface area contributed by atoms with Gasteiger partial charge >= 0.3 is 5.97 Å². The summed E-state index contributed by atoms with van der Waals surface area (Å²) in [5, 5.41) is 68.6. The van der Waals surface area contributed by atoms with E-state index in [0.29, 0.717) is 0 Å². The molecule has 0 aliphatic carbocycles. The van der Waals surface area contributed by atoms with Crippen LogP contribution in [0.15, 0.2) is 39.5 Å². The number of benzene rings is 2. The highest BCUT2D eigenvalue weighted by molar-refractivity contribution is 5.88. The van der Waals surface area contributed by atoms with Crippen LogP contribution in [0.3, 0.4) is 0 Å². The summed E-state index contributed by atoms with van der Waals surface area (Å²) >= 11 is 0. The number of carboxylic acids is 1. The highest BCUT2D eigenvalue weighted by Crippen LogP contribution is 2.39. The van der Waals surface area contributed by atoms with Crippen LogP contribution >= 0.6 is 0 Å². The average Bonchev–Trinajstić information content (AvgIpc) is 2.82. The van der Waals surface area contributed by atoms with Crippen molar-refractivity contribution in [2.24, 2.45) is 0 Å². The molecule has 1 aliphatic rings. The Morgan fingerprint density at radius 1 is 0.972 bits per heavy atom. The van der Waals surface area contributed by atoms with Crippen molar-refractivity contribution >= 4 is 16.9 Å². The van der Waals surface area contributed by atoms with Gasteiger partial charge < -0.3 is 54.5 Å². The Balaban J connectivity index is 1.86. The maximum Gasteiger partial charge on any atom is 0.335 e. The third-order valence-electron chi connectivity index (χ3n) is 5.36. The zero-order chi connectivity index (χ0) is 26.3. The van der Waals surface area contributed by atoms with E-state index in [1.807, 2.05) is 0 Å². The highest BCUT2D eigenvalue weighted by atomic mass is 17.2. The molecule has 7 N–H and O–H groups in total. The minimum absolute atomic E-state index is 0.0783. The molecule has 0 spiro atoms. The largest absolute Gasteiger partial charge is 0.508 e. The van der Waals surface area contributed by atoms with Crippen LogP contribution in [0.2, 0.25) is 0 Å². The third kappa shape index (κ3) is 4.34. The van der Waals surface area contributed by atoms with Crippen LogP contribution < -0.4 is 15.1 Å². The smallest absolute Gasteiger partial charge is 0.335 e. The van der Waals surface area contributed by atoms with Gasteiger partial charge in [-0.2, -0.15) is 4.89 Å². The van der Waals surface area contributed by atoms with Crippen LogP contribution in [0.4, 0.5) is 0 Å². The molecule has 14 nitrogen and oxygen atoms in total. The number of carboxylic acid groups (broad SMARTS) is 1. The molecule has 1 unspecified atom stereocenters. The molecule has 2 aromatic carbocycles. The fourth-order valence-corrected chi connectivity index (χ4v) is 3.63. The van der Waals surface area contributed by atoms with Crippen molar-refractivity contribution in [2.45, 2.75) is 30.7 Å². The number of aliphatic hydroxyl groups excluding tert-OH is 3. The van der Waals surface area contributed by atoms with Crippen molar-refractivity contribution in [1.82, 2.24) is 0 Å². The number of carbonyl (C=O) groups is 1. The van der Waals surface area contributed by atoms with Crippen molar-refractivity contribution in [3.63, 3.8) is 0 Å². The standard InChI is InChI=1S/C22H20O14/c1-32-36-19-14(26)13-11(33-18(19)7-2-3-9(24)10(25)4-7)5-8(23)6-12(13)34-22-17(29)15(27)16(28)20(35-22)21(30)31/h2-6,15-17,20,22-25,27-29H,1H3,(H,30,31)/t15-,16-,17+,20-,22?/m0/s1. The van der Waals surface area contributed by atoms with Gasteiger partial charge in [-0.25, -0.2) is 4.79 Å². The van der Waals surface area contributed by atoms with Gasteiger partial charge in [0.25, 0.3) is 5.75 Å². The lowest BCUT2D eigenvalue weighted by atomic mass is 9.99. The Bertz CT molecular complexity index is 1370. The first-order valence-corrected chi connectivity index (χ1v) is 10.2. The molecular weight excluding hydrogens is 488 g/mol. The summed E-state index contributed by atoms with van der Waals surface area (Å²) in [6, 6.07) is 5.48. The van der Waals surface area contributed by atoms with E-state index in [-0.39, 0.29) is 22.3 Å². The van der Waals surface area contributed by atoms with Crippen molar-refractivity contribution in [2.75, 3.05) is 7.11 Å². The fraction of sp³-hybridized carbons (Fsp3) is 0.273. The predicted octanol–water partition coefficient (Wildman–Crippen LogP) is -0.212. The van der Waals surface area contributed by atoms with Crippen LogP contribution in [0, 0.1) is 0 Å². The average molecular weight is 508 g/mol. The normalized spacial score (nSPS) is 23.9. The van der Waals surface area contributed by atoms with Crippen LogP contribution in [0.5, 0.6) is 28.7 Å². The Hall–Kier alpha value is -4.08. The zero-order valence-corrected chi connectivity index (χ0v) is 18.3. The first-order valence-electron chi connectivity index (χ1n) is 10.2. The molecule has 0 bridgehead atoms. The Kier molecular flexibility index (Phi) is 6.62. The van der Waals surface area contributed by atoms with Gasteiger partial charge in [-0.15, -0.1) is 0 Å². The van der Waals surface area contributed by atoms with Gasteiger partial charge in [0.2, 0.25) is 11.7 Å². The summed E-state index contributed by atoms with van der Waals surface area (Å²) in [6.45, 7) is 0. The lowest BCUT2D eigenvalue weighted by Gasteiger charge is -2.38. The van der Waals surface area contributed by atoms with Gasteiger partial charge in [0.05, 0.1) is 7.11 Å². The number of phenolic OH excluding ortho intramolecular Hbond substituents is 3. The molecule has 0 radical (unpaired) electrons. The molecule has 1 saturated heterocycles. The molecule has 36 heavy (non-hydrogen) atoms. The summed E-state index contributed by atoms with van der Waals surface area (Å²) < 4.78 is 16.2. The zero-order valence-electron chi connectivity index (χ0n) is 18.3. The molecule has 1 aromatic heterocycles. The van der Waals surface area contributed by atoms with Gasteiger partial charge in [0.1, 0.15) is 40.8 Å². The van der Waals surface area contributed by atoms with E-state index in [2.05, 4.69) is 4.89 Å². The number of aliphatic carboxylic acids is 1. The van der Waals surface area contributed by atoms with Gasteiger partial charge in [0.15, 0.2) is 23.4 Å². The molecule has 5 atom stereocenters. The first kappa shape index (κ1) is 25.0. The molecule has 3 aromatic rings. The van der Waals surface area contributed by atoms with E-state index < -0.39 is 70.9 Å². The van der Waals surface area contributed by atoms with Crippen LogP contribution in [0.1, 0.15) is 0 Å². The highest BCUT2D eigenvalue weighted by Gasteiger charge is 2.48. The van der Waals surface area contributed by atoms with E-state index in [1.165, 1.54) is 6.07 Å². The van der Waals surface area contributed by atoms with E-state index >= 15 is 0 Å². The second-order valence-corrected chi connectivity index (χ2v) is 7.71. The number of aromatic hydroxyl groups is 3. The van der Waals surface area contributed by atoms with E-state index in [1.54, 1.807) is 0 Å². The molecule has 4 rings (SSSR count). The molecule has 2 heterocycles. The lowest BCUT2D eigenvalue weighted by Crippen LogP contribution is -2.61. The van der Waals surface area contributed by atoms with Gasteiger partial charge in [0, 0.05) is 17.7 Å². The number of aliphatic hydroxyl groups is 3. The third-order valence-corrected chi connectivity index (χ3v) is 5.36. The number of hydrogen-bond acceptors (Lipinski definition) is 13. The summed E-state index contributed by atoms with van der Waals surface area (Å²) in [5.74, 6) is -4.37. The minimum atomic E-state index is -1.98. The molecular formula is C22H20O14. The van der Waals surface area contributed by atoms with Crippen LogP contribution in [-0.4, -0.2) is 79.5 Å². The summed E-state index contributed by atoms with van der Waals surface area (Å²) in [7, 11) is 1.10. The molecule has 192 valence electrons. The number of rotatable bonds is 6. The maximum atomic E-state index is 13.4. The van der Waals surface area contributed by atoms with E-state index in [9.17, 15) is 45.3 Å². The van der Waals surface area contributed by atoms with E-state index in [4.69, 9.17) is 18.8 Å². The lowest BCUT2D eigenvalue weighted by molar-refractivity contribution is -0.270. The van der Waals surface area contributed by atoms with Crippen molar-refractivity contribution in [1.29, 1.82) is 0 Å². The van der Waals surface area contributed by atoms with Crippen molar-refractivity contribution in [3.05, 3.63) is 40.6 Å².